The monoisotopic (exact) mass is 332 g/mol. The summed E-state index contributed by atoms with van der Waals surface area (Å²) in [6.45, 7) is 2.74. The first-order valence-electron chi connectivity index (χ1n) is 7.79. The van der Waals surface area contributed by atoms with Crippen molar-refractivity contribution in [2.75, 3.05) is 13.2 Å². The van der Waals surface area contributed by atoms with Gasteiger partial charge in [0.1, 0.15) is 5.75 Å². The Balaban J connectivity index is 1.76. The number of esters is 1. The molecule has 0 unspecified atom stereocenters. The van der Waals surface area contributed by atoms with Crippen molar-refractivity contribution in [1.29, 1.82) is 0 Å². The first kappa shape index (κ1) is 17.4. The number of carbonyl (C=O) groups excluding carboxylic acids is 1. The lowest BCUT2D eigenvalue weighted by atomic mass is 10.1. The number of halogens is 1. The molecular weight excluding hydrogens is 312 g/mol. The Bertz CT molecular complexity index is 606. The molecule has 4 heteroatoms. The Morgan fingerprint density at radius 2 is 1.61 bits per heavy atom. The quantitative estimate of drug-likeness (QED) is 0.521. The number of ether oxygens (including phenoxy) is 2. The van der Waals surface area contributed by atoms with Crippen LogP contribution in [0.25, 0.3) is 0 Å². The minimum absolute atomic E-state index is 0.172. The van der Waals surface area contributed by atoms with E-state index in [1.807, 2.05) is 36.4 Å². The van der Waals surface area contributed by atoms with Crippen LogP contribution in [0.2, 0.25) is 5.02 Å². The van der Waals surface area contributed by atoms with Crippen LogP contribution in [0.15, 0.2) is 48.5 Å². The molecule has 0 aliphatic rings. The fourth-order valence-corrected chi connectivity index (χ4v) is 2.31. The zero-order valence-corrected chi connectivity index (χ0v) is 14.0. The maximum atomic E-state index is 11.2. The van der Waals surface area contributed by atoms with Gasteiger partial charge in [-0.3, -0.25) is 4.79 Å². The molecule has 0 saturated carbocycles. The van der Waals surface area contributed by atoms with E-state index in [9.17, 15) is 4.79 Å². The van der Waals surface area contributed by atoms with E-state index in [1.54, 1.807) is 6.92 Å². The second-order valence-corrected chi connectivity index (χ2v) is 5.64. The summed E-state index contributed by atoms with van der Waals surface area (Å²) < 4.78 is 10.5. The van der Waals surface area contributed by atoms with E-state index in [1.165, 1.54) is 11.1 Å². The minimum Gasteiger partial charge on any atom is -0.494 e. The summed E-state index contributed by atoms with van der Waals surface area (Å²) in [6.07, 6.45) is 1.91. The molecule has 0 N–H and O–H groups in total. The fraction of sp³-hybridized carbons (Fsp3) is 0.316. The highest BCUT2D eigenvalue weighted by Crippen LogP contribution is 2.17. The molecule has 0 fully saturated rings. The molecule has 0 aliphatic heterocycles. The highest BCUT2D eigenvalue weighted by atomic mass is 35.5. The van der Waals surface area contributed by atoms with Crippen LogP contribution in [0.5, 0.6) is 5.75 Å². The number of rotatable bonds is 8. The lowest BCUT2D eigenvalue weighted by Gasteiger charge is -2.07. The van der Waals surface area contributed by atoms with E-state index in [4.69, 9.17) is 21.1 Å². The van der Waals surface area contributed by atoms with Crippen molar-refractivity contribution in [3.8, 4) is 5.75 Å². The van der Waals surface area contributed by atoms with Crippen LogP contribution in [-0.4, -0.2) is 19.2 Å². The molecule has 23 heavy (non-hydrogen) atoms. The molecule has 122 valence electrons. The van der Waals surface area contributed by atoms with Gasteiger partial charge in [-0.2, -0.15) is 0 Å². The molecule has 0 heterocycles. The molecule has 2 rings (SSSR count). The van der Waals surface area contributed by atoms with Gasteiger partial charge in [0.2, 0.25) is 0 Å². The van der Waals surface area contributed by atoms with Crippen molar-refractivity contribution in [3.63, 3.8) is 0 Å². The molecule has 0 saturated heterocycles. The summed E-state index contributed by atoms with van der Waals surface area (Å²) in [7, 11) is 0. The number of carbonyl (C=O) groups is 1. The maximum absolute atomic E-state index is 11.2. The predicted octanol–water partition coefficient (Wildman–Crippen LogP) is 4.65. The third-order valence-corrected chi connectivity index (χ3v) is 3.60. The molecule has 0 bridgehead atoms. The van der Waals surface area contributed by atoms with Crippen molar-refractivity contribution in [2.24, 2.45) is 0 Å². The molecule has 0 spiro atoms. The molecule has 0 amide bonds. The first-order chi connectivity index (χ1) is 11.2. The molecular formula is C19H21ClO3. The van der Waals surface area contributed by atoms with Crippen LogP contribution in [0, 0.1) is 0 Å². The van der Waals surface area contributed by atoms with Gasteiger partial charge in [-0.05, 0) is 55.2 Å². The van der Waals surface area contributed by atoms with Crippen molar-refractivity contribution in [3.05, 3.63) is 64.7 Å². The second-order valence-electron chi connectivity index (χ2n) is 5.20. The van der Waals surface area contributed by atoms with Crippen LogP contribution in [0.4, 0.5) is 0 Å². The smallest absolute Gasteiger partial charge is 0.305 e. The van der Waals surface area contributed by atoms with Crippen molar-refractivity contribution in [2.45, 2.75) is 26.2 Å². The van der Waals surface area contributed by atoms with Crippen LogP contribution in [-0.2, 0) is 16.0 Å². The average molecular weight is 333 g/mol. The molecule has 0 aromatic heterocycles. The summed E-state index contributed by atoms with van der Waals surface area (Å²) in [5.41, 5.74) is 2.43. The molecule has 3 nitrogen and oxygen atoms in total. The summed E-state index contributed by atoms with van der Waals surface area (Å²) in [6, 6.07) is 15.9. The normalized spacial score (nSPS) is 10.3. The standard InChI is InChI=1S/C19H21ClO3/c1-2-22-19(21)4-3-13-23-18-11-7-16(8-12-18)14-15-5-9-17(20)10-6-15/h5-12H,2-4,13-14H2,1H3. The van der Waals surface area contributed by atoms with Gasteiger partial charge in [0.05, 0.1) is 13.2 Å². The van der Waals surface area contributed by atoms with Crippen LogP contribution < -0.4 is 4.74 Å². The molecule has 2 aromatic rings. The Labute approximate surface area is 142 Å². The molecule has 0 radical (unpaired) electrons. The Hall–Kier alpha value is -2.00. The summed E-state index contributed by atoms with van der Waals surface area (Å²) in [5.74, 6) is 0.642. The second kappa shape index (κ2) is 9.21. The zero-order valence-electron chi connectivity index (χ0n) is 13.3. The summed E-state index contributed by atoms with van der Waals surface area (Å²) >= 11 is 5.89. The summed E-state index contributed by atoms with van der Waals surface area (Å²) in [5, 5.41) is 0.750. The minimum atomic E-state index is -0.172. The van der Waals surface area contributed by atoms with Gasteiger partial charge in [0, 0.05) is 11.4 Å². The van der Waals surface area contributed by atoms with E-state index < -0.39 is 0 Å². The largest absolute Gasteiger partial charge is 0.494 e. The lowest BCUT2D eigenvalue weighted by Crippen LogP contribution is -2.06. The van der Waals surface area contributed by atoms with E-state index in [0.29, 0.717) is 26.1 Å². The van der Waals surface area contributed by atoms with Gasteiger partial charge in [0.25, 0.3) is 0 Å². The highest BCUT2D eigenvalue weighted by molar-refractivity contribution is 6.30. The topological polar surface area (TPSA) is 35.5 Å². The maximum Gasteiger partial charge on any atom is 0.305 e. The van der Waals surface area contributed by atoms with Crippen molar-refractivity contribution < 1.29 is 14.3 Å². The van der Waals surface area contributed by atoms with Crippen LogP contribution in [0.3, 0.4) is 0 Å². The van der Waals surface area contributed by atoms with E-state index in [0.717, 1.165) is 17.2 Å². The third-order valence-electron chi connectivity index (χ3n) is 3.34. The Kier molecular flexibility index (Phi) is 6.95. The van der Waals surface area contributed by atoms with Gasteiger partial charge in [-0.15, -0.1) is 0 Å². The van der Waals surface area contributed by atoms with Gasteiger partial charge < -0.3 is 9.47 Å². The molecule has 0 aliphatic carbocycles. The van der Waals surface area contributed by atoms with Gasteiger partial charge in [-0.25, -0.2) is 0 Å². The third kappa shape index (κ3) is 6.33. The van der Waals surface area contributed by atoms with Gasteiger partial charge >= 0.3 is 5.97 Å². The SMILES string of the molecule is CCOC(=O)CCCOc1ccc(Cc2ccc(Cl)cc2)cc1. The average Bonchev–Trinajstić information content (AvgIpc) is 2.55. The molecule has 0 atom stereocenters. The van der Waals surface area contributed by atoms with Crippen molar-refractivity contribution in [1.82, 2.24) is 0 Å². The number of hydrogen-bond acceptors (Lipinski definition) is 3. The van der Waals surface area contributed by atoms with Crippen LogP contribution in [0.1, 0.15) is 30.9 Å². The van der Waals surface area contributed by atoms with Crippen LogP contribution >= 0.6 is 11.6 Å². The summed E-state index contributed by atoms with van der Waals surface area (Å²) in [4.78, 5) is 11.2. The van der Waals surface area contributed by atoms with Gasteiger partial charge in [-0.1, -0.05) is 35.9 Å². The van der Waals surface area contributed by atoms with E-state index in [-0.39, 0.29) is 5.97 Å². The Morgan fingerprint density at radius 1 is 1.00 bits per heavy atom. The number of hydrogen-bond donors (Lipinski definition) is 0. The first-order valence-corrected chi connectivity index (χ1v) is 8.17. The van der Waals surface area contributed by atoms with Crippen molar-refractivity contribution >= 4 is 17.6 Å². The fourth-order valence-electron chi connectivity index (χ4n) is 2.18. The predicted molar refractivity (Wildman–Crippen MR) is 92.1 cm³/mol. The lowest BCUT2D eigenvalue weighted by molar-refractivity contribution is -0.143. The highest BCUT2D eigenvalue weighted by Gasteiger charge is 2.02. The van der Waals surface area contributed by atoms with Gasteiger partial charge in [0.15, 0.2) is 0 Å². The Morgan fingerprint density at radius 3 is 2.22 bits per heavy atom. The molecule has 2 aromatic carbocycles. The van der Waals surface area contributed by atoms with E-state index in [2.05, 4.69) is 12.1 Å². The zero-order chi connectivity index (χ0) is 16.5. The van der Waals surface area contributed by atoms with E-state index >= 15 is 0 Å². The number of benzene rings is 2.